The van der Waals surface area contributed by atoms with Gasteiger partial charge in [-0.1, -0.05) is 0 Å². The molecule has 0 atom stereocenters. The molecule has 0 nitrogen and oxygen atoms in total. The Kier molecular flexibility index (Phi) is 223. The average molecular weight is 394 g/mol. The molecule has 0 aromatic heterocycles. The van der Waals surface area contributed by atoms with Gasteiger partial charge in [0.15, 0.2) is 0 Å². The van der Waals surface area contributed by atoms with Crippen molar-refractivity contribution in [1.29, 1.82) is 0 Å². The molecule has 0 bridgehead atoms. The number of hydrogen-bond donors (Lipinski definition) is 0. The molecule has 0 aliphatic heterocycles. The van der Waals surface area contributed by atoms with Gasteiger partial charge in [-0.2, -0.15) is 13.5 Å². The van der Waals surface area contributed by atoms with Crippen LogP contribution in [0.3, 0.4) is 0 Å². The zero-order valence-corrected chi connectivity index (χ0v) is 14.5. The third-order valence-corrected chi connectivity index (χ3v) is 0. The molecular formula is H2CdCuSSnZn. The minimum atomic E-state index is 0. The molecule has 0 amide bonds. The number of rotatable bonds is 0. The van der Waals surface area contributed by atoms with Gasteiger partial charge in [-0.15, -0.1) is 0 Å². The second-order valence-electron chi connectivity index (χ2n) is 0. The second-order valence-corrected chi connectivity index (χ2v) is 0. The molecule has 0 aliphatic rings. The minimum absolute atomic E-state index is 0. The van der Waals surface area contributed by atoms with Crippen molar-refractivity contribution in [3.8, 4) is 0 Å². The summed E-state index contributed by atoms with van der Waals surface area (Å²) in [5.41, 5.74) is 0. The molecule has 5 radical (unpaired) electrons. The van der Waals surface area contributed by atoms with Crippen LogP contribution in [-0.2, 0) is 63.8 Å². The van der Waals surface area contributed by atoms with E-state index in [1.54, 1.807) is 0 Å². The molecule has 0 aromatic rings. The summed E-state index contributed by atoms with van der Waals surface area (Å²) < 4.78 is 0. The van der Waals surface area contributed by atoms with Gasteiger partial charge in [0.2, 0.25) is 0 Å². The van der Waals surface area contributed by atoms with E-state index in [9.17, 15) is 0 Å². The van der Waals surface area contributed by atoms with E-state index in [1.165, 1.54) is 0 Å². The van der Waals surface area contributed by atoms with Gasteiger partial charge in [0.1, 0.15) is 0 Å². The molecule has 0 aliphatic carbocycles. The van der Waals surface area contributed by atoms with E-state index in [-0.39, 0.29) is 101 Å². The topological polar surface area (TPSA) is 0 Å². The van der Waals surface area contributed by atoms with Gasteiger partial charge in [-0.05, 0) is 0 Å². The third kappa shape index (κ3) is 19.0. The van der Waals surface area contributed by atoms with Gasteiger partial charge in [0.05, 0.1) is 0 Å². The maximum absolute atomic E-state index is 0. The molecule has 0 unspecified atom stereocenters. The Morgan fingerprint density at radius 2 is 1.00 bits per heavy atom. The van der Waals surface area contributed by atoms with Crippen LogP contribution in [0.4, 0.5) is 0 Å². The summed E-state index contributed by atoms with van der Waals surface area (Å²) in [6, 6.07) is 0. The predicted molar refractivity (Wildman–Crippen MR) is 16.1 cm³/mol. The Bertz CT molecular complexity index is 11.6. The van der Waals surface area contributed by atoms with Gasteiger partial charge >= 0.3 is 0 Å². The summed E-state index contributed by atoms with van der Waals surface area (Å²) in [5, 5.41) is 0. The second kappa shape index (κ2) is 27.0. The van der Waals surface area contributed by atoms with Crippen LogP contribution in [0.25, 0.3) is 0 Å². The number of hydrogen-bond acceptors (Lipinski definition) is 0. The zero-order valence-electron chi connectivity index (χ0n) is 2.72. The first-order chi connectivity index (χ1) is 0. The van der Waals surface area contributed by atoms with Crippen LogP contribution in [0.1, 0.15) is 0 Å². The fourth-order valence-corrected chi connectivity index (χ4v) is 0. The first kappa shape index (κ1) is 41.4. The van der Waals surface area contributed by atoms with E-state index in [2.05, 4.69) is 0 Å². The SMILES string of the molecule is S.[Cd].[Cu].[Sn].[Zn]. The summed E-state index contributed by atoms with van der Waals surface area (Å²) >= 11 is 0. The molecule has 0 fully saturated rings. The monoisotopic (exact) mass is 395 g/mol. The quantitative estimate of drug-likeness (QED) is 0.497. The maximum Gasteiger partial charge on any atom is 0 e. The zero-order chi connectivity index (χ0) is 0. The molecule has 0 saturated heterocycles. The van der Waals surface area contributed by atoms with E-state index in [1.807, 2.05) is 0 Å². The van der Waals surface area contributed by atoms with Crippen molar-refractivity contribution >= 4 is 37.4 Å². The Balaban J connectivity index is 0. The molecule has 27 valence electrons. The summed E-state index contributed by atoms with van der Waals surface area (Å²) in [6.07, 6.45) is 0. The van der Waals surface area contributed by atoms with Crippen molar-refractivity contribution in [3.05, 3.63) is 0 Å². The fraction of sp³-hybridized carbons (Fsp3) is 0. The van der Waals surface area contributed by atoms with Gasteiger partial charge in [-0.25, -0.2) is 0 Å². The molecular weight excluding hydrogens is 392 g/mol. The molecule has 5 heavy (non-hydrogen) atoms. The first-order valence-electron chi connectivity index (χ1n) is 0. The normalized spacial score (nSPS) is 0. The first-order valence-corrected chi connectivity index (χ1v) is 0. The van der Waals surface area contributed by atoms with Crippen LogP contribution in [0.2, 0.25) is 0 Å². The minimum Gasteiger partial charge on any atom is -0.197 e. The van der Waals surface area contributed by atoms with Gasteiger partial charge in [0.25, 0.3) is 0 Å². The van der Waals surface area contributed by atoms with Crippen LogP contribution in [-0.4, -0.2) is 23.9 Å². The summed E-state index contributed by atoms with van der Waals surface area (Å²) in [5.74, 6) is 0. The average Bonchev–Trinajstić information content (AvgIpc) is 0. The third-order valence-electron chi connectivity index (χ3n) is 0. The van der Waals surface area contributed by atoms with Gasteiger partial charge in [0, 0.05) is 87.8 Å². The largest absolute Gasteiger partial charge is 0.197 e. The summed E-state index contributed by atoms with van der Waals surface area (Å²) in [4.78, 5) is 0. The molecule has 0 heterocycles. The van der Waals surface area contributed by atoms with Crippen LogP contribution in [0, 0.1) is 0 Å². The van der Waals surface area contributed by atoms with E-state index < -0.39 is 0 Å². The maximum atomic E-state index is 0. The van der Waals surface area contributed by atoms with Crippen LogP contribution in [0.15, 0.2) is 0 Å². The molecule has 0 saturated carbocycles. The van der Waals surface area contributed by atoms with E-state index in [0.717, 1.165) is 0 Å². The fourth-order valence-electron chi connectivity index (χ4n) is 0. The van der Waals surface area contributed by atoms with Crippen LogP contribution in [0.5, 0.6) is 0 Å². The molecule has 5 heteroatoms. The summed E-state index contributed by atoms with van der Waals surface area (Å²) in [6.45, 7) is 0. The van der Waals surface area contributed by atoms with E-state index in [4.69, 9.17) is 0 Å². The van der Waals surface area contributed by atoms with Crippen molar-refractivity contribution in [1.82, 2.24) is 0 Å². The van der Waals surface area contributed by atoms with Crippen molar-refractivity contribution in [2.24, 2.45) is 0 Å². The van der Waals surface area contributed by atoms with Gasteiger partial charge < -0.3 is 0 Å². The van der Waals surface area contributed by atoms with Crippen molar-refractivity contribution in [2.45, 2.75) is 0 Å². The molecule has 0 rings (SSSR count). The summed E-state index contributed by atoms with van der Waals surface area (Å²) in [7, 11) is 0. The predicted octanol–water partition coefficient (Wildman–Crippen LogP) is -0.275. The Labute approximate surface area is 99.4 Å². The standard InChI is InChI=1S/Cd.Cu.H2S.Sn.Zn/h;;1H2;;. The van der Waals surface area contributed by atoms with Crippen LogP contribution >= 0.6 is 13.5 Å². The van der Waals surface area contributed by atoms with E-state index in [0.29, 0.717) is 0 Å². The van der Waals surface area contributed by atoms with Crippen molar-refractivity contribution in [3.63, 3.8) is 0 Å². The molecule has 0 N–H and O–H groups in total. The smallest absolute Gasteiger partial charge is 0 e. The van der Waals surface area contributed by atoms with Crippen molar-refractivity contribution in [2.75, 3.05) is 0 Å². The van der Waals surface area contributed by atoms with E-state index >= 15 is 0 Å². The van der Waals surface area contributed by atoms with Crippen molar-refractivity contribution < 1.29 is 63.8 Å². The van der Waals surface area contributed by atoms with Gasteiger partial charge in [-0.3, -0.25) is 0 Å². The Hall–Kier alpha value is 3.21. The molecule has 0 aromatic carbocycles. The Morgan fingerprint density at radius 1 is 1.00 bits per heavy atom. The Morgan fingerprint density at radius 3 is 1.00 bits per heavy atom. The molecule has 0 spiro atoms. The van der Waals surface area contributed by atoms with Crippen LogP contribution < -0.4 is 0 Å².